The van der Waals surface area contributed by atoms with E-state index in [4.69, 9.17) is 5.11 Å². The van der Waals surface area contributed by atoms with Gasteiger partial charge < -0.3 is 15.3 Å². The average Bonchev–Trinajstić information content (AvgIpc) is 2.71. The highest BCUT2D eigenvalue weighted by molar-refractivity contribution is 5.64. The Labute approximate surface area is 90.6 Å². The van der Waals surface area contributed by atoms with Gasteiger partial charge in [-0.1, -0.05) is 12.8 Å². The number of hydrogen-bond donors (Lipinski definition) is 2. The molecule has 2 fully saturated rings. The largest absolute Gasteiger partial charge is 0.465 e. The molecule has 2 rings (SSSR count). The van der Waals surface area contributed by atoms with Gasteiger partial charge in [0.1, 0.15) is 0 Å². The maximum atomic E-state index is 10.5. The van der Waals surface area contributed by atoms with Gasteiger partial charge >= 0.3 is 6.09 Å². The molecule has 1 heterocycles. The first-order valence-electron chi connectivity index (χ1n) is 5.99. The lowest BCUT2D eigenvalue weighted by molar-refractivity contribution is 0.138. The zero-order chi connectivity index (χ0) is 10.7. The third kappa shape index (κ3) is 2.84. The summed E-state index contributed by atoms with van der Waals surface area (Å²) >= 11 is 0. The Morgan fingerprint density at radius 3 is 2.27 bits per heavy atom. The number of nitrogens with zero attached hydrogens (tertiary/aromatic N) is 1. The molecule has 2 N–H and O–H groups in total. The summed E-state index contributed by atoms with van der Waals surface area (Å²) in [6.07, 6.45) is 6.50. The van der Waals surface area contributed by atoms with Crippen molar-refractivity contribution in [3.8, 4) is 0 Å². The maximum absolute atomic E-state index is 10.5. The molecule has 1 saturated heterocycles. The van der Waals surface area contributed by atoms with Crippen LogP contribution in [-0.4, -0.2) is 41.3 Å². The summed E-state index contributed by atoms with van der Waals surface area (Å²) < 4.78 is 0. The van der Waals surface area contributed by atoms with Crippen molar-refractivity contribution < 1.29 is 9.90 Å². The van der Waals surface area contributed by atoms with E-state index in [1.807, 2.05) is 0 Å². The minimum absolute atomic E-state index is 0.181. The molecule has 1 amide bonds. The van der Waals surface area contributed by atoms with E-state index in [1.165, 1.54) is 25.7 Å². The first kappa shape index (κ1) is 10.7. The minimum atomic E-state index is -0.880. The number of nitrogens with one attached hydrogen (secondary N) is 1. The molecule has 1 aliphatic heterocycles. The number of carbonyl (C=O) groups is 1. The summed E-state index contributed by atoms with van der Waals surface area (Å²) in [5, 5.41) is 11.2. The normalized spacial score (nSPS) is 25.6. The molecule has 0 unspecified atom stereocenters. The van der Waals surface area contributed by atoms with Crippen LogP contribution in [0.4, 0.5) is 4.79 Å². The quantitative estimate of drug-likeness (QED) is 0.732. The van der Waals surface area contributed by atoms with Gasteiger partial charge in [-0.2, -0.15) is 0 Å². The zero-order valence-corrected chi connectivity index (χ0v) is 9.11. The van der Waals surface area contributed by atoms with Crippen molar-refractivity contribution in [2.75, 3.05) is 13.1 Å². The second-order valence-corrected chi connectivity index (χ2v) is 4.70. The van der Waals surface area contributed by atoms with Crippen molar-refractivity contribution in [2.24, 2.45) is 0 Å². The molecular weight excluding hydrogens is 192 g/mol. The van der Waals surface area contributed by atoms with E-state index in [2.05, 4.69) is 10.2 Å². The van der Waals surface area contributed by atoms with Crippen LogP contribution in [0, 0.1) is 0 Å². The number of piperidine rings is 1. The van der Waals surface area contributed by atoms with Crippen LogP contribution in [0.3, 0.4) is 0 Å². The van der Waals surface area contributed by atoms with Crippen LogP contribution in [0.1, 0.15) is 38.5 Å². The van der Waals surface area contributed by atoms with Crippen LogP contribution in [-0.2, 0) is 0 Å². The molecule has 0 aromatic carbocycles. The number of rotatable bonds is 2. The molecule has 4 nitrogen and oxygen atoms in total. The highest BCUT2D eigenvalue weighted by Crippen LogP contribution is 2.25. The first-order valence-corrected chi connectivity index (χ1v) is 5.99. The number of carboxylic acid groups (broad SMARTS) is 1. The maximum Gasteiger partial charge on any atom is 0.404 e. The molecule has 0 atom stereocenters. The van der Waals surface area contributed by atoms with Gasteiger partial charge in [0, 0.05) is 25.2 Å². The van der Waals surface area contributed by atoms with E-state index < -0.39 is 6.09 Å². The molecule has 0 aromatic heterocycles. The molecular formula is C11H20N2O2. The van der Waals surface area contributed by atoms with E-state index in [9.17, 15) is 4.79 Å². The summed E-state index contributed by atoms with van der Waals surface area (Å²) in [6, 6.07) is 0.968. The van der Waals surface area contributed by atoms with E-state index in [0.29, 0.717) is 0 Å². The predicted octanol–water partition coefficient (Wildman–Crippen LogP) is 1.66. The van der Waals surface area contributed by atoms with Crippen LogP contribution in [0.25, 0.3) is 0 Å². The topological polar surface area (TPSA) is 52.6 Å². The smallest absolute Gasteiger partial charge is 0.404 e. The minimum Gasteiger partial charge on any atom is -0.465 e. The van der Waals surface area contributed by atoms with Crippen molar-refractivity contribution >= 4 is 6.09 Å². The van der Waals surface area contributed by atoms with Gasteiger partial charge in [0.05, 0.1) is 0 Å². The summed E-state index contributed by atoms with van der Waals surface area (Å²) in [4.78, 5) is 13.0. The monoisotopic (exact) mass is 212 g/mol. The Kier molecular flexibility index (Phi) is 3.46. The SMILES string of the molecule is O=C(O)NC1CCN(C2CCCC2)CC1. The third-order valence-corrected chi connectivity index (χ3v) is 3.70. The Hall–Kier alpha value is -0.770. The van der Waals surface area contributed by atoms with Crippen molar-refractivity contribution in [3.05, 3.63) is 0 Å². The lowest BCUT2D eigenvalue weighted by atomic mass is 10.0. The standard InChI is InChI=1S/C11H20N2O2/c14-11(15)12-9-5-7-13(8-6-9)10-3-1-2-4-10/h9-10,12H,1-8H2,(H,14,15). The highest BCUT2D eigenvalue weighted by atomic mass is 16.4. The number of likely N-dealkylation sites (tertiary alicyclic amines) is 1. The predicted molar refractivity (Wildman–Crippen MR) is 58.0 cm³/mol. The van der Waals surface area contributed by atoms with Gasteiger partial charge in [-0.25, -0.2) is 4.79 Å². The molecule has 0 bridgehead atoms. The molecule has 86 valence electrons. The Balaban J connectivity index is 1.73. The zero-order valence-electron chi connectivity index (χ0n) is 9.11. The second kappa shape index (κ2) is 4.84. The number of amides is 1. The van der Waals surface area contributed by atoms with Gasteiger partial charge in [0.2, 0.25) is 0 Å². The van der Waals surface area contributed by atoms with Crippen molar-refractivity contribution in [2.45, 2.75) is 50.6 Å². The van der Waals surface area contributed by atoms with Crippen molar-refractivity contribution in [1.82, 2.24) is 10.2 Å². The van der Waals surface area contributed by atoms with Gasteiger partial charge in [0.15, 0.2) is 0 Å². The fourth-order valence-electron chi connectivity index (χ4n) is 2.85. The summed E-state index contributed by atoms with van der Waals surface area (Å²) in [5.41, 5.74) is 0. The van der Waals surface area contributed by atoms with Crippen LogP contribution in [0.2, 0.25) is 0 Å². The third-order valence-electron chi connectivity index (χ3n) is 3.70. The Bertz CT molecular complexity index is 219. The molecule has 0 aromatic rings. The van der Waals surface area contributed by atoms with E-state index in [0.717, 1.165) is 32.0 Å². The lowest BCUT2D eigenvalue weighted by Crippen LogP contribution is -2.47. The van der Waals surface area contributed by atoms with Crippen LogP contribution >= 0.6 is 0 Å². The Morgan fingerprint density at radius 2 is 1.73 bits per heavy atom. The Morgan fingerprint density at radius 1 is 1.13 bits per heavy atom. The molecule has 0 spiro atoms. The highest BCUT2D eigenvalue weighted by Gasteiger charge is 2.27. The lowest BCUT2D eigenvalue weighted by Gasteiger charge is -2.35. The van der Waals surface area contributed by atoms with Crippen molar-refractivity contribution in [3.63, 3.8) is 0 Å². The van der Waals surface area contributed by atoms with Gasteiger partial charge in [-0.3, -0.25) is 0 Å². The molecule has 4 heteroatoms. The summed E-state index contributed by atoms with van der Waals surface area (Å²) in [5.74, 6) is 0. The van der Waals surface area contributed by atoms with Crippen LogP contribution in [0.5, 0.6) is 0 Å². The van der Waals surface area contributed by atoms with Gasteiger partial charge in [-0.15, -0.1) is 0 Å². The number of hydrogen-bond acceptors (Lipinski definition) is 2. The van der Waals surface area contributed by atoms with Gasteiger partial charge in [0.25, 0.3) is 0 Å². The second-order valence-electron chi connectivity index (χ2n) is 4.70. The summed E-state index contributed by atoms with van der Waals surface area (Å²) in [6.45, 7) is 2.13. The van der Waals surface area contributed by atoms with Crippen molar-refractivity contribution in [1.29, 1.82) is 0 Å². The molecule has 0 radical (unpaired) electrons. The van der Waals surface area contributed by atoms with E-state index >= 15 is 0 Å². The average molecular weight is 212 g/mol. The molecule has 2 aliphatic rings. The fraction of sp³-hybridized carbons (Fsp3) is 0.909. The van der Waals surface area contributed by atoms with Crippen LogP contribution in [0.15, 0.2) is 0 Å². The first-order chi connectivity index (χ1) is 7.25. The fourth-order valence-corrected chi connectivity index (χ4v) is 2.85. The van der Waals surface area contributed by atoms with E-state index in [1.54, 1.807) is 0 Å². The molecule has 15 heavy (non-hydrogen) atoms. The van der Waals surface area contributed by atoms with E-state index in [-0.39, 0.29) is 6.04 Å². The van der Waals surface area contributed by atoms with Crippen LogP contribution < -0.4 is 5.32 Å². The van der Waals surface area contributed by atoms with Gasteiger partial charge in [-0.05, 0) is 25.7 Å². The summed E-state index contributed by atoms with van der Waals surface area (Å²) in [7, 11) is 0. The molecule has 1 saturated carbocycles. The molecule has 1 aliphatic carbocycles.